The molecule has 0 spiro atoms. The number of halogens is 1. The lowest BCUT2D eigenvalue weighted by Crippen LogP contribution is -2.19. The lowest BCUT2D eigenvalue weighted by molar-refractivity contribution is 0.261. The number of hydrogen-bond donors (Lipinski definition) is 0. The first kappa shape index (κ1) is 21.2. The Hall–Kier alpha value is -2.55. The predicted molar refractivity (Wildman–Crippen MR) is 125 cm³/mol. The Morgan fingerprint density at radius 1 is 0.793 bits per heavy atom. The van der Waals surface area contributed by atoms with Crippen molar-refractivity contribution in [3.8, 4) is 5.75 Å². The molecule has 0 saturated heterocycles. The van der Waals surface area contributed by atoms with Crippen LogP contribution in [0.4, 0.5) is 0 Å². The summed E-state index contributed by atoms with van der Waals surface area (Å²) in [5.41, 5.74) is 6.96. The van der Waals surface area contributed by atoms with E-state index in [-0.39, 0.29) is 0 Å². The van der Waals surface area contributed by atoms with Crippen LogP contribution in [0.2, 0.25) is 0 Å². The molecule has 3 aromatic rings. The number of ether oxygens (including phenoxy) is 1. The summed E-state index contributed by atoms with van der Waals surface area (Å²) >= 11 is 6.48. The smallest absolute Gasteiger partial charge is 0.119 e. The summed E-state index contributed by atoms with van der Waals surface area (Å²) in [7, 11) is 4.09. The zero-order valence-electron chi connectivity index (χ0n) is 17.4. The van der Waals surface area contributed by atoms with E-state index < -0.39 is 0 Å². The van der Waals surface area contributed by atoms with Gasteiger partial charge in [-0.3, -0.25) is 0 Å². The molecular weight excluding hydrogens is 378 g/mol. The Morgan fingerprint density at radius 3 is 1.97 bits per heavy atom. The Bertz CT molecular complexity index is 929. The monoisotopic (exact) mass is 405 g/mol. The third-order valence-electron chi connectivity index (χ3n) is 4.85. The fourth-order valence-corrected chi connectivity index (χ4v) is 3.51. The Labute approximate surface area is 179 Å². The molecule has 0 fully saturated rings. The Morgan fingerprint density at radius 2 is 1.38 bits per heavy atom. The van der Waals surface area contributed by atoms with Gasteiger partial charge >= 0.3 is 0 Å². The zero-order chi connectivity index (χ0) is 20.6. The molecule has 0 saturated carbocycles. The molecule has 0 aliphatic rings. The van der Waals surface area contributed by atoms with E-state index in [0.29, 0.717) is 12.5 Å². The summed E-state index contributed by atoms with van der Waals surface area (Å²) in [6.07, 6.45) is 0. The highest BCUT2D eigenvalue weighted by atomic mass is 35.5. The minimum atomic E-state index is 0.439. The maximum atomic E-state index is 6.48. The fraction of sp³-hybridized carbons (Fsp3) is 0.231. The number of allylic oxidation sites excluding steroid dienone is 1. The van der Waals surface area contributed by atoms with Crippen molar-refractivity contribution in [2.45, 2.75) is 6.92 Å². The van der Waals surface area contributed by atoms with Crippen LogP contribution in [0, 0.1) is 6.92 Å². The molecule has 3 rings (SSSR count). The molecule has 0 amide bonds. The van der Waals surface area contributed by atoms with E-state index in [9.17, 15) is 0 Å². The second kappa shape index (κ2) is 10.3. The SMILES string of the molecule is Cc1ccc(/C(CCl)=C(/c2ccccc2)c2ccc(OCCN(C)C)cc2)cc1. The summed E-state index contributed by atoms with van der Waals surface area (Å²) in [5.74, 6) is 1.32. The molecule has 0 N–H and O–H groups in total. The molecule has 0 heterocycles. The van der Waals surface area contributed by atoms with Gasteiger partial charge in [0, 0.05) is 12.4 Å². The molecule has 3 heteroatoms. The van der Waals surface area contributed by atoms with E-state index >= 15 is 0 Å². The van der Waals surface area contributed by atoms with Crippen molar-refractivity contribution in [2.24, 2.45) is 0 Å². The minimum absolute atomic E-state index is 0.439. The van der Waals surface area contributed by atoms with Gasteiger partial charge in [-0.15, -0.1) is 11.6 Å². The van der Waals surface area contributed by atoms with Crippen LogP contribution in [0.5, 0.6) is 5.75 Å². The minimum Gasteiger partial charge on any atom is -0.492 e. The number of benzene rings is 3. The van der Waals surface area contributed by atoms with Gasteiger partial charge in [0.05, 0.1) is 0 Å². The molecule has 0 bridgehead atoms. The quantitative estimate of drug-likeness (QED) is 0.330. The van der Waals surface area contributed by atoms with Crippen LogP contribution in [0.1, 0.15) is 22.3 Å². The van der Waals surface area contributed by atoms with Gasteiger partial charge in [-0.1, -0.05) is 72.3 Å². The van der Waals surface area contributed by atoms with Crippen LogP contribution in [-0.4, -0.2) is 38.0 Å². The predicted octanol–water partition coefficient (Wildman–Crippen LogP) is 6.13. The van der Waals surface area contributed by atoms with Gasteiger partial charge in [-0.25, -0.2) is 0 Å². The Balaban J connectivity index is 2.01. The van der Waals surface area contributed by atoms with E-state index in [1.54, 1.807) is 0 Å². The number of nitrogens with zero attached hydrogens (tertiary/aromatic N) is 1. The van der Waals surface area contributed by atoms with Crippen molar-refractivity contribution in [3.05, 3.63) is 101 Å². The van der Waals surface area contributed by atoms with Crippen LogP contribution >= 0.6 is 11.6 Å². The van der Waals surface area contributed by atoms with Gasteiger partial charge in [0.15, 0.2) is 0 Å². The van der Waals surface area contributed by atoms with Crippen molar-refractivity contribution in [1.82, 2.24) is 4.90 Å². The highest BCUT2D eigenvalue weighted by Gasteiger charge is 2.13. The second-order valence-electron chi connectivity index (χ2n) is 7.40. The number of hydrogen-bond acceptors (Lipinski definition) is 2. The summed E-state index contributed by atoms with van der Waals surface area (Å²) in [4.78, 5) is 2.11. The van der Waals surface area contributed by atoms with Gasteiger partial charge in [-0.05, 0) is 61.0 Å². The van der Waals surface area contributed by atoms with Crippen molar-refractivity contribution < 1.29 is 4.74 Å². The van der Waals surface area contributed by atoms with E-state index in [0.717, 1.165) is 40.1 Å². The lowest BCUT2D eigenvalue weighted by atomic mass is 9.90. The maximum absolute atomic E-state index is 6.48. The molecule has 3 aromatic carbocycles. The third kappa shape index (κ3) is 5.72. The topological polar surface area (TPSA) is 12.5 Å². The molecule has 0 atom stereocenters. The molecule has 150 valence electrons. The van der Waals surface area contributed by atoms with Crippen molar-refractivity contribution in [2.75, 3.05) is 33.1 Å². The second-order valence-corrected chi connectivity index (χ2v) is 7.66. The van der Waals surface area contributed by atoms with Gasteiger partial charge in [-0.2, -0.15) is 0 Å². The van der Waals surface area contributed by atoms with E-state index in [1.807, 2.05) is 32.3 Å². The van der Waals surface area contributed by atoms with Crippen LogP contribution in [0.15, 0.2) is 78.9 Å². The Kier molecular flexibility index (Phi) is 7.51. The summed E-state index contributed by atoms with van der Waals surface area (Å²) in [6.45, 7) is 3.66. The zero-order valence-corrected chi connectivity index (χ0v) is 18.1. The van der Waals surface area contributed by atoms with Crippen LogP contribution in [0.25, 0.3) is 11.1 Å². The first-order valence-electron chi connectivity index (χ1n) is 9.88. The molecule has 0 aromatic heterocycles. The van der Waals surface area contributed by atoms with Crippen LogP contribution in [0.3, 0.4) is 0 Å². The number of rotatable bonds is 8. The summed E-state index contributed by atoms with van der Waals surface area (Å²) in [5, 5.41) is 0. The third-order valence-corrected chi connectivity index (χ3v) is 5.12. The van der Waals surface area contributed by atoms with Gasteiger partial charge < -0.3 is 9.64 Å². The summed E-state index contributed by atoms with van der Waals surface area (Å²) in [6, 6.07) is 27.3. The van der Waals surface area contributed by atoms with E-state index in [1.165, 1.54) is 5.56 Å². The average Bonchev–Trinajstić information content (AvgIpc) is 2.74. The molecule has 29 heavy (non-hydrogen) atoms. The maximum Gasteiger partial charge on any atom is 0.119 e. The largest absolute Gasteiger partial charge is 0.492 e. The standard InChI is InChI=1S/C26H28ClNO/c1-20-9-11-21(12-10-20)25(19-27)26(22-7-5-4-6-8-22)23-13-15-24(16-14-23)29-18-17-28(2)3/h4-16H,17-19H2,1-3H3/b26-25-. The van der Waals surface area contributed by atoms with Gasteiger partial charge in [0.25, 0.3) is 0 Å². The molecular formula is C26H28ClNO. The first-order valence-corrected chi connectivity index (χ1v) is 10.4. The number of likely N-dealkylation sites (N-methyl/N-ethyl adjacent to an activating group) is 1. The first-order chi connectivity index (χ1) is 14.1. The fourth-order valence-electron chi connectivity index (χ4n) is 3.23. The van der Waals surface area contributed by atoms with Crippen LogP contribution < -0.4 is 4.74 Å². The van der Waals surface area contributed by atoms with Crippen molar-refractivity contribution >= 4 is 22.7 Å². The lowest BCUT2D eigenvalue weighted by Gasteiger charge is -2.17. The van der Waals surface area contributed by atoms with Crippen LogP contribution in [-0.2, 0) is 0 Å². The van der Waals surface area contributed by atoms with Gasteiger partial charge in [0.1, 0.15) is 12.4 Å². The van der Waals surface area contributed by atoms with E-state index in [4.69, 9.17) is 16.3 Å². The normalized spacial score (nSPS) is 12.0. The summed E-state index contributed by atoms with van der Waals surface area (Å²) < 4.78 is 5.86. The van der Waals surface area contributed by atoms with Gasteiger partial charge in [0.2, 0.25) is 0 Å². The van der Waals surface area contributed by atoms with E-state index in [2.05, 4.69) is 72.5 Å². The van der Waals surface area contributed by atoms with Crippen molar-refractivity contribution in [1.29, 1.82) is 0 Å². The molecule has 2 nitrogen and oxygen atoms in total. The molecule has 0 unspecified atom stereocenters. The molecule has 0 aliphatic carbocycles. The average molecular weight is 406 g/mol. The number of alkyl halides is 1. The molecule has 0 radical (unpaired) electrons. The highest BCUT2D eigenvalue weighted by Crippen LogP contribution is 2.34. The highest BCUT2D eigenvalue weighted by molar-refractivity contribution is 6.25. The van der Waals surface area contributed by atoms with Crippen molar-refractivity contribution in [3.63, 3.8) is 0 Å². The molecule has 0 aliphatic heterocycles. The number of aryl methyl sites for hydroxylation is 1.